The lowest BCUT2D eigenvalue weighted by Gasteiger charge is -2.13. The number of carbonyl (C=O) groups is 2. The number of rotatable bonds is 4. The van der Waals surface area contributed by atoms with Gasteiger partial charge in [-0.1, -0.05) is 11.6 Å². The summed E-state index contributed by atoms with van der Waals surface area (Å²) in [5, 5.41) is 2.25. The highest BCUT2D eigenvalue weighted by atomic mass is 35.5. The fourth-order valence-corrected chi connectivity index (χ4v) is 1.54. The van der Waals surface area contributed by atoms with Crippen LogP contribution in [0, 0.1) is 0 Å². The summed E-state index contributed by atoms with van der Waals surface area (Å²) in [7, 11) is 2.12. The molecular weight excluding hydrogens is 327 g/mol. The van der Waals surface area contributed by atoms with Crippen LogP contribution in [0.3, 0.4) is 0 Å². The molecule has 0 radical (unpaired) electrons. The first-order valence-corrected chi connectivity index (χ1v) is 6.08. The van der Waals surface area contributed by atoms with Gasteiger partial charge in [0.15, 0.2) is 0 Å². The fraction of sp³-hybridized carbons (Fsp3) is 0.231. The Hall–Kier alpha value is -2.22. The standard InChI is InChI=1S/C13H11ClF3NO4/c1-21-11(19)6-10(12(20)22-2)18-9-5-7(13(15,16)17)3-4-8(9)14/h3-6,18H,1-2H3. The van der Waals surface area contributed by atoms with Crippen molar-refractivity contribution in [3.05, 3.63) is 40.6 Å². The summed E-state index contributed by atoms with van der Waals surface area (Å²) in [6.07, 6.45) is -3.85. The van der Waals surface area contributed by atoms with Crippen LogP contribution >= 0.6 is 11.6 Å². The van der Waals surface area contributed by atoms with Crippen LogP contribution in [0.2, 0.25) is 5.02 Å². The van der Waals surface area contributed by atoms with E-state index in [1.54, 1.807) is 0 Å². The molecule has 1 aromatic rings. The molecule has 0 heterocycles. The van der Waals surface area contributed by atoms with E-state index in [2.05, 4.69) is 14.8 Å². The van der Waals surface area contributed by atoms with Gasteiger partial charge in [-0.3, -0.25) is 0 Å². The van der Waals surface area contributed by atoms with E-state index in [9.17, 15) is 22.8 Å². The zero-order chi connectivity index (χ0) is 16.9. The van der Waals surface area contributed by atoms with Gasteiger partial charge < -0.3 is 14.8 Å². The van der Waals surface area contributed by atoms with Crippen molar-refractivity contribution in [2.24, 2.45) is 0 Å². The van der Waals surface area contributed by atoms with Gasteiger partial charge in [0.25, 0.3) is 0 Å². The van der Waals surface area contributed by atoms with Gasteiger partial charge in [0.2, 0.25) is 0 Å². The Morgan fingerprint density at radius 3 is 2.36 bits per heavy atom. The number of methoxy groups -OCH3 is 2. The summed E-state index contributed by atoms with van der Waals surface area (Å²) in [5.74, 6) is -1.87. The van der Waals surface area contributed by atoms with Gasteiger partial charge in [-0.05, 0) is 18.2 Å². The van der Waals surface area contributed by atoms with Crippen molar-refractivity contribution >= 4 is 29.2 Å². The molecule has 0 aliphatic heterocycles. The second-order valence-electron chi connectivity index (χ2n) is 3.89. The zero-order valence-corrected chi connectivity index (χ0v) is 12.2. The number of anilines is 1. The van der Waals surface area contributed by atoms with E-state index in [0.29, 0.717) is 6.07 Å². The van der Waals surface area contributed by atoms with Crippen molar-refractivity contribution in [1.29, 1.82) is 0 Å². The highest BCUT2D eigenvalue weighted by molar-refractivity contribution is 6.33. The molecule has 0 aliphatic rings. The van der Waals surface area contributed by atoms with E-state index in [4.69, 9.17) is 11.6 Å². The van der Waals surface area contributed by atoms with Crippen LogP contribution in [0.5, 0.6) is 0 Å². The van der Waals surface area contributed by atoms with Gasteiger partial charge in [-0.2, -0.15) is 13.2 Å². The van der Waals surface area contributed by atoms with Crippen molar-refractivity contribution in [3.8, 4) is 0 Å². The topological polar surface area (TPSA) is 64.6 Å². The van der Waals surface area contributed by atoms with Crippen molar-refractivity contribution in [1.82, 2.24) is 0 Å². The summed E-state index contributed by atoms with van der Waals surface area (Å²) in [6, 6.07) is 2.51. The normalized spacial score (nSPS) is 11.8. The number of ether oxygens (including phenoxy) is 2. The van der Waals surface area contributed by atoms with Gasteiger partial charge in [0.05, 0.1) is 36.6 Å². The molecule has 1 aromatic carbocycles. The van der Waals surface area contributed by atoms with Crippen LogP contribution in [0.1, 0.15) is 5.56 Å². The number of halogens is 4. The van der Waals surface area contributed by atoms with Crippen LogP contribution in [-0.2, 0) is 25.2 Å². The molecule has 0 saturated carbocycles. The molecule has 22 heavy (non-hydrogen) atoms. The summed E-state index contributed by atoms with van der Waals surface area (Å²) in [4.78, 5) is 22.7. The molecule has 1 rings (SSSR count). The van der Waals surface area contributed by atoms with Crippen LogP contribution in [-0.4, -0.2) is 26.2 Å². The number of hydrogen-bond donors (Lipinski definition) is 1. The number of benzene rings is 1. The highest BCUT2D eigenvalue weighted by Crippen LogP contribution is 2.34. The lowest BCUT2D eigenvalue weighted by molar-refractivity contribution is -0.138. The van der Waals surface area contributed by atoms with E-state index in [1.807, 2.05) is 0 Å². The number of alkyl halides is 3. The summed E-state index contributed by atoms with van der Waals surface area (Å²) >= 11 is 5.78. The smallest absolute Gasteiger partial charge is 0.416 e. The Kier molecular flexibility index (Phi) is 5.81. The minimum absolute atomic E-state index is 0.0762. The molecular formula is C13H11ClF3NO4. The highest BCUT2D eigenvalue weighted by Gasteiger charge is 2.31. The van der Waals surface area contributed by atoms with Crippen molar-refractivity contribution in [2.45, 2.75) is 6.18 Å². The van der Waals surface area contributed by atoms with Crippen LogP contribution in [0.15, 0.2) is 30.0 Å². The average molecular weight is 338 g/mol. The molecule has 5 nitrogen and oxygen atoms in total. The third-order valence-electron chi connectivity index (χ3n) is 2.43. The Morgan fingerprint density at radius 1 is 1.23 bits per heavy atom. The first kappa shape index (κ1) is 17.8. The van der Waals surface area contributed by atoms with Crippen molar-refractivity contribution in [3.63, 3.8) is 0 Å². The van der Waals surface area contributed by atoms with Crippen LogP contribution in [0.4, 0.5) is 18.9 Å². The first-order chi connectivity index (χ1) is 10.2. The first-order valence-electron chi connectivity index (χ1n) is 5.70. The number of nitrogens with one attached hydrogen (secondary N) is 1. The Bertz CT molecular complexity index is 614. The summed E-state index contributed by atoms with van der Waals surface area (Å²) < 4.78 is 46.8. The Labute approximate surface area is 128 Å². The van der Waals surface area contributed by atoms with Gasteiger partial charge in [0, 0.05) is 0 Å². The maximum absolute atomic E-state index is 12.7. The van der Waals surface area contributed by atoms with E-state index in [1.165, 1.54) is 0 Å². The van der Waals surface area contributed by atoms with E-state index < -0.39 is 29.4 Å². The van der Waals surface area contributed by atoms with Crippen LogP contribution < -0.4 is 5.32 Å². The van der Waals surface area contributed by atoms with Crippen molar-refractivity contribution in [2.75, 3.05) is 19.5 Å². The monoisotopic (exact) mass is 337 g/mol. The second kappa shape index (κ2) is 7.17. The summed E-state index contributed by atoms with van der Waals surface area (Å²) in [6.45, 7) is 0. The fourth-order valence-electron chi connectivity index (χ4n) is 1.38. The molecule has 120 valence electrons. The summed E-state index contributed by atoms with van der Waals surface area (Å²) in [5.41, 5.74) is -1.60. The molecule has 0 atom stereocenters. The molecule has 0 aromatic heterocycles. The maximum atomic E-state index is 12.7. The molecule has 0 aliphatic carbocycles. The van der Waals surface area contributed by atoms with E-state index in [-0.39, 0.29) is 10.7 Å². The second-order valence-corrected chi connectivity index (χ2v) is 4.30. The largest absolute Gasteiger partial charge is 0.466 e. The number of hydrogen-bond acceptors (Lipinski definition) is 5. The minimum atomic E-state index is -4.58. The quantitative estimate of drug-likeness (QED) is 0.676. The van der Waals surface area contributed by atoms with Gasteiger partial charge in [-0.15, -0.1) is 0 Å². The predicted molar refractivity (Wildman–Crippen MR) is 72.2 cm³/mol. The third kappa shape index (κ3) is 4.66. The molecule has 9 heteroatoms. The Morgan fingerprint density at radius 2 is 1.86 bits per heavy atom. The lowest BCUT2D eigenvalue weighted by atomic mass is 10.2. The Balaban J connectivity index is 3.21. The van der Waals surface area contributed by atoms with Crippen LogP contribution in [0.25, 0.3) is 0 Å². The number of esters is 2. The molecule has 0 saturated heterocycles. The minimum Gasteiger partial charge on any atom is -0.466 e. The average Bonchev–Trinajstić information content (AvgIpc) is 2.46. The lowest BCUT2D eigenvalue weighted by Crippen LogP contribution is -2.16. The van der Waals surface area contributed by atoms with E-state index >= 15 is 0 Å². The molecule has 0 fully saturated rings. The third-order valence-corrected chi connectivity index (χ3v) is 2.76. The maximum Gasteiger partial charge on any atom is 0.416 e. The SMILES string of the molecule is COC(=O)C=C(Nc1cc(C(F)(F)F)ccc1Cl)C(=O)OC. The molecule has 1 N–H and O–H groups in total. The van der Waals surface area contributed by atoms with Gasteiger partial charge in [0.1, 0.15) is 5.70 Å². The predicted octanol–water partition coefficient (Wildman–Crippen LogP) is 3.00. The van der Waals surface area contributed by atoms with Gasteiger partial charge in [-0.25, -0.2) is 9.59 Å². The molecule has 0 unspecified atom stereocenters. The van der Waals surface area contributed by atoms with Crippen molar-refractivity contribution < 1.29 is 32.2 Å². The zero-order valence-electron chi connectivity index (χ0n) is 11.5. The molecule has 0 spiro atoms. The van der Waals surface area contributed by atoms with E-state index in [0.717, 1.165) is 32.4 Å². The number of carbonyl (C=O) groups excluding carboxylic acids is 2. The molecule has 0 bridgehead atoms. The van der Waals surface area contributed by atoms with Gasteiger partial charge >= 0.3 is 18.1 Å². The molecule has 0 amide bonds.